The molecule has 0 aromatic heterocycles. The zero-order chi connectivity index (χ0) is 7.98. The van der Waals surface area contributed by atoms with E-state index in [0.717, 1.165) is 6.08 Å². The third-order valence-electron chi connectivity index (χ3n) is 0.681. The van der Waals surface area contributed by atoms with Crippen LogP contribution in [-0.4, -0.2) is 16.9 Å². The summed E-state index contributed by atoms with van der Waals surface area (Å²) in [4.78, 5) is 20.1. The molecule has 3 heteroatoms. The second-order valence-electron chi connectivity index (χ2n) is 1.67. The number of rotatable bonds is 3. The quantitative estimate of drug-likeness (QED) is 0.465. The highest BCUT2D eigenvalue weighted by Crippen LogP contribution is 1.78. The maximum Gasteiger partial charge on any atom is 0.328 e. The molecular weight excluding hydrogens is 132 g/mol. The molecule has 0 aliphatic rings. The van der Waals surface area contributed by atoms with E-state index in [4.69, 9.17) is 5.11 Å². The van der Waals surface area contributed by atoms with Gasteiger partial charge in [0.2, 0.25) is 0 Å². The summed E-state index contributed by atoms with van der Waals surface area (Å²) in [6.45, 7) is 1.39. The average Bonchev–Trinajstić information content (AvgIpc) is 1.79. The van der Waals surface area contributed by atoms with Crippen LogP contribution < -0.4 is 0 Å². The Morgan fingerprint density at radius 3 is 2.10 bits per heavy atom. The molecule has 0 rings (SSSR count). The average molecular weight is 140 g/mol. The van der Waals surface area contributed by atoms with Gasteiger partial charge in [-0.25, -0.2) is 4.79 Å². The minimum Gasteiger partial charge on any atom is -0.478 e. The zero-order valence-electron chi connectivity index (χ0n) is 5.57. The van der Waals surface area contributed by atoms with Crippen LogP contribution in [0.3, 0.4) is 0 Å². The molecule has 0 amide bonds. The number of allylic oxidation sites excluding steroid dienone is 3. The van der Waals surface area contributed by atoms with Gasteiger partial charge in [0.15, 0.2) is 5.78 Å². The van der Waals surface area contributed by atoms with Crippen molar-refractivity contribution in [2.24, 2.45) is 0 Å². The largest absolute Gasteiger partial charge is 0.478 e. The van der Waals surface area contributed by atoms with Gasteiger partial charge in [-0.05, 0) is 13.0 Å². The van der Waals surface area contributed by atoms with Crippen molar-refractivity contribution in [1.29, 1.82) is 0 Å². The summed E-state index contributed by atoms with van der Waals surface area (Å²) >= 11 is 0. The monoisotopic (exact) mass is 140 g/mol. The van der Waals surface area contributed by atoms with Crippen molar-refractivity contribution >= 4 is 11.8 Å². The summed E-state index contributed by atoms with van der Waals surface area (Å²) in [5, 5.41) is 8.07. The zero-order valence-corrected chi connectivity index (χ0v) is 5.57. The molecule has 0 radical (unpaired) electrons. The van der Waals surface area contributed by atoms with E-state index in [2.05, 4.69) is 0 Å². The van der Waals surface area contributed by atoms with E-state index < -0.39 is 5.97 Å². The van der Waals surface area contributed by atoms with E-state index in [1.165, 1.54) is 25.2 Å². The van der Waals surface area contributed by atoms with Gasteiger partial charge in [-0.15, -0.1) is 0 Å². The highest BCUT2D eigenvalue weighted by Gasteiger charge is 1.81. The maximum absolute atomic E-state index is 10.2. The lowest BCUT2D eigenvalue weighted by Crippen LogP contribution is -1.84. The van der Waals surface area contributed by atoms with Gasteiger partial charge in [-0.2, -0.15) is 0 Å². The Bertz CT molecular complexity index is 167. The van der Waals surface area contributed by atoms with Crippen molar-refractivity contribution in [3.63, 3.8) is 0 Å². The number of hydrogen-bond acceptors (Lipinski definition) is 2. The molecule has 0 aliphatic heterocycles. The van der Waals surface area contributed by atoms with Crippen LogP contribution in [0.5, 0.6) is 0 Å². The first-order valence-corrected chi connectivity index (χ1v) is 2.71. The van der Waals surface area contributed by atoms with Crippen molar-refractivity contribution in [2.45, 2.75) is 6.92 Å². The minimum atomic E-state index is -1.02. The fourth-order valence-electron chi connectivity index (χ4n) is 0.329. The van der Waals surface area contributed by atoms with Crippen LogP contribution in [0.25, 0.3) is 0 Å². The Morgan fingerprint density at radius 2 is 1.70 bits per heavy atom. The van der Waals surface area contributed by atoms with E-state index in [1.54, 1.807) is 0 Å². The Labute approximate surface area is 58.7 Å². The number of carboxylic acids is 1. The molecule has 0 atom stereocenters. The van der Waals surface area contributed by atoms with Crippen molar-refractivity contribution in [3.05, 3.63) is 24.3 Å². The Morgan fingerprint density at radius 1 is 1.20 bits per heavy atom. The number of carbonyl (C=O) groups is 2. The summed E-state index contributed by atoms with van der Waals surface area (Å²) < 4.78 is 0. The molecule has 0 spiro atoms. The molecule has 0 bridgehead atoms. The molecule has 0 saturated carbocycles. The Hall–Kier alpha value is -1.38. The van der Waals surface area contributed by atoms with E-state index in [0.29, 0.717) is 0 Å². The predicted molar refractivity (Wildman–Crippen MR) is 36.6 cm³/mol. The van der Waals surface area contributed by atoms with Gasteiger partial charge in [-0.1, -0.05) is 12.2 Å². The fourth-order valence-corrected chi connectivity index (χ4v) is 0.329. The highest BCUT2D eigenvalue weighted by molar-refractivity contribution is 5.87. The molecule has 54 valence electrons. The van der Waals surface area contributed by atoms with Crippen LogP contribution in [0.1, 0.15) is 6.92 Å². The van der Waals surface area contributed by atoms with Crippen LogP contribution >= 0.6 is 0 Å². The number of carboxylic acid groups (broad SMARTS) is 1. The standard InChI is InChI=1S/C7H8O3/c1-6(8)4-2-3-5-7(9)10/h2-5H,1H3,(H,9,10). The van der Waals surface area contributed by atoms with Gasteiger partial charge < -0.3 is 5.11 Å². The molecule has 1 N–H and O–H groups in total. The topological polar surface area (TPSA) is 54.4 Å². The summed E-state index contributed by atoms with van der Waals surface area (Å²) in [5.41, 5.74) is 0. The number of ketones is 1. The van der Waals surface area contributed by atoms with Gasteiger partial charge in [-0.3, -0.25) is 4.79 Å². The number of aliphatic carboxylic acids is 1. The molecule has 10 heavy (non-hydrogen) atoms. The summed E-state index contributed by atoms with van der Waals surface area (Å²) in [7, 11) is 0. The van der Waals surface area contributed by atoms with E-state index in [-0.39, 0.29) is 5.78 Å². The molecule has 3 nitrogen and oxygen atoms in total. The van der Waals surface area contributed by atoms with E-state index in [9.17, 15) is 9.59 Å². The van der Waals surface area contributed by atoms with Gasteiger partial charge in [0.1, 0.15) is 0 Å². The van der Waals surface area contributed by atoms with Gasteiger partial charge in [0, 0.05) is 6.08 Å². The van der Waals surface area contributed by atoms with Crippen molar-refractivity contribution in [1.82, 2.24) is 0 Å². The Balaban J connectivity index is 3.73. The summed E-state index contributed by atoms with van der Waals surface area (Å²) in [6, 6.07) is 0. The molecule has 0 aliphatic carbocycles. The third-order valence-corrected chi connectivity index (χ3v) is 0.681. The first-order chi connectivity index (χ1) is 4.63. The SMILES string of the molecule is CC(=O)C=CC=CC(=O)O. The smallest absolute Gasteiger partial charge is 0.328 e. The lowest BCUT2D eigenvalue weighted by Gasteiger charge is -1.75. The van der Waals surface area contributed by atoms with Crippen LogP contribution in [-0.2, 0) is 9.59 Å². The summed E-state index contributed by atoms with van der Waals surface area (Å²) in [5.74, 6) is -1.12. The minimum absolute atomic E-state index is 0.102. The van der Waals surface area contributed by atoms with Gasteiger partial charge in [0.25, 0.3) is 0 Å². The van der Waals surface area contributed by atoms with E-state index >= 15 is 0 Å². The Kier molecular flexibility index (Phi) is 3.87. The third kappa shape index (κ3) is 6.62. The predicted octanol–water partition coefficient (Wildman–Crippen LogP) is 0.772. The molecule has 0 aromatic rings. The van der Waals surface area contributed by atoms with Gasteiger partial charge >= 0.3 is 5.97 Å². The second kappa shape index (κ2) is 4.49. The molecule has 0 heterocycles. The van der Waals surface area contributed by atoms with Crippen molar-refractivity contribution < 1.29 is 14.7 Å². The van der Waals surface area contributed by atoms with Gasteiger partial charge in [0.05, 0.1) is 0 Å². The van der Waals surface area contributed by atoms with Crippen LogP contribution in [0.15, 0.2) is 24.3 Å². The lowest BCUT2D eigenvalue weighted by atomic mass is 10.3. The highest BCUT2D eigenvalue weighted by atomic mass is 16.4. The van der Waals surface area contributed by atoms with Crippen LogP contribution in [0.2, 0.25) is 0 Å². The maximum atomic E-state index is 10.2. The number of hydrogen-bond donors (Lipinski definition) is 1. The molecule has 0 aromatic carbocycles. The lowest BCUT2D eigenvalue weighted by molar-refractivity contribution is -0.131. The molecule has 0 unspecified atom stereocenters. The normalized spacial score (nSPS) is 10.9. The van der Waals surface area contributed by atoms with Crippen LogP contribution in [0, 0.1) is 0 Å². The van der Waals surface area contributed by atoms with Crippen LogP contribution in [0.4, 0.5) is 0 Å². The molecular formula is C7H8O3. The second-order valence-corrected chi connectivity index (χ2v) is 1.67. The fraction of sp³-hybridized carbons (Fsp3) is 0.143. The van der Waals surface area contributed by atoms with Crippen molar-refractivity contribution in [2.75, 3.05) is 0 Å². The van der Waals surface area contributed by atoms with Crippen molar-refractivity contribution in [3.8, 4) is 0 Å². The molecule has 0 saturated heterocycles. The summed E-state index contributed by atoms with van der Waals surface area (Å²) in [6.07, 6.45) is 4.93. The first-order valence-electron chi connectivity index (χ1n) is 2.71. The first kappa shape index (κ1) is 8.62. The van der Waals surface area contributed by atoms with E-state index in [1.807, 2.05) is 0 Å². The molecule has 0 fully saturated rings. The number of carbonyl (C=O) groups excluding carboxylic acids is 1.